The molecule has 1 atom stereocenters. The average molecular weight is 245 g/mol. The number of hydrogen-bond donors (Lipinski definition) is 0. The van der Waals surface area contributed by atoms with Crippen molar-refractivity contribution in [3.8, 4) is 0 Å². The van der Waals surface area contributed by atoms with E-state index in [0.717, 1.165) is 19.8 Å². The molecule has 0 aliphatic carbocycles. The van der Waals surface area contributed by atoms with Crippen LogP contribution in [0.2, 0.25) is 0 Å². The summed E-state index contributed by atoms with van der Waals surface area (Å²) in [5.41, 5.74) is 0. The summed E-state index contributed by atoms with van der Waals surface area (Å²) < 4.78 is 7.17. The average Bonchev–Trinajstić information content (AvgIpc) is 1.77. The Balaban J connectivity index is 2.28. The standard InChI is InChI=1S/C4H7Br2NO/c5-4-3-8-2-1-7(4)6/h4H,1-3H2. The summed E-state index contributed by atoms with van der Waals surface area (Å²) in [6.07, 6.45) is 0. The number of nitrogens with zero attached hydrogens (tertiary/aromatic N) is 1. The Kier molecular flexibility index (Phi) is 2.75. The Morgan fingerprint density at radius 2 is 2.38 bits per heavy atom. The lowest BCUT2D eigenvalue weighted by atomic mass is 10.5. The summed E-state index contributed by atoms with van der Waals surface area (Å²) in [4.78, 5) is 0.344. The minimum absolute atomic E-state index is 0.344. The molecule has 2 nitrogen and oxygen atoms in total. The molecular formula is C4H7Br2NO. The van der Waals surface area contributed by atoms with Crippen molar-refractivity contribution in [3.05, 3.63) is 0 Å². The Morgan fingerprint density at radius 3 is 2.75 bits per heavy atom. The van der Waals surface area contributed by atoms with Gasteiger partial charge in [0, 0.05) is 22.7 Å². The van der Waals surface area contributed by atoms with Gasteiger partial charge in [-0.3, -0.25) is 0 Å². The second-order valence-electron chi connectivity index (χ2n) is 1.63. The summed E-state index contributed by atoms with van der Waals surface area (Å²) in [6, 6.07) is 0. The molecule has 0 N–H and O–H groups in total. The second kappa shape index (κ2) is 3.15. The van der Waals surface area contributed by atoms with Gasteiger partial charge in [-0.1, -0.05) is 15.9 Å². The second-order valence-corrected chi connectivity index (χ2v) is 3.60. The van der Waals surface area contributed by atoms with E-state index in [1.807, 2.05) is 3.93 Å². The Hall–Kier alpha value is 0.880. The van der Waals surface area contributed by atoms with E-state index in [9.17, 15) is 0 Å². The lowest BCUT2D eigenvalue weighted by molar-refractivity contribution is 0.0711. The first kappa shape index (κ1) is 6.99. The molecule has 8 heavy (non-hydrogen) atoms. The molecule has 1 aliphatic heterocycles. The van der Waals surface area contributed by atoms with Crippen LogP contribution >= 0.6 is 32.1 Å². The van der Waals surface area contributed by atoms with E-state index in [2.05, 4.69) is 32.1 Å². The van der Waals surface area contributed by atoms with Crippen molar-refractivity contribution in [2.24, 2.45) is 0 Å². The minimum atomic E-state index is 0.344. The molecule has 1 heterocycles. The van der Waals surface area contributed by atoms with Crippen LogP contribution in [0.1, 0.15) is 0 Å². The van der Waals surface area contributed by atoms with Crippen LogP contribution in [-0.2, 0) is 4.74 Å². The highest BCUT2D eigenvalue weighted by atomic mass is 79.9. The zero-order chi connectivity index (χ0) is 5.98. The number of ether oxygens (including phenoxy) is 1. The molecule has 1 fully saturated rings. The zero-order valence-corrected chi connectivity index (χ0v) is 7.48. The first-order valence-electron chi connectivity index (χ1n) is 2.45. The molecule has 0 spiro atoms. The van der Waals surface area contributed by atoms with Crippen molar-refractivity contribution in [1.82, 2.24) is 3.93 Å². The van der Waals surface area contributed by atoms with Gasteiger partial charge in [0.2, 0.25) is 0 Å². The van der Waals surface area contributed by atoms with Crippen LogP contribution < -0.4 is 0 Å². The van der Waals surface area contributed by atoms with E-state index in [1.165, 1.54) is 0 Å². The fourth-order valence-electron chi connectivity index (χ4n) is 0.553. The molecule has 0 amide bonds. The molecule has 1 unspecified atom stereocenters. The van der Waals surface area contributed by atoms with Gasteiger partial charge in [-0.2, -0.15) is 0 Å². The van der Waals surface area contributed by atoms with Crippen molar-refractivity contribution in [3.63, 3.8) is 0 Å². The van der Waals surface area contributed by atoms with Gasteiger partial charge >= 0.3 is 0 Å². The smallest absolute Gasteiger partial charge is 0.0989 e. The molecule has 1 rings (SSSR count). The van der Waals surface area contributed by atoms with Crippen molar-refractivity contribution in [1.29, 1.82) is 0 Å². The van der Waals surface area contributed by atoms with E-state index in [-0.39, 0.29) is 0 Å². The van der Waals surface area contributed by atoms with Gasteiger partial charge in [-0.25, -0.2) is 3.93 Å². The third-order valence-electron chi connectivity index (χ3n) is 1.01. The fourth-order valence-corrected chi connectivity index (χ4v) is 1.21. The highest BCUT2D eigenvalue weighted by molar-refractivity contribution is 9.11. The highest BCUT2D eigenvalue weighted by Crippen LogP contribution is 2.15. The lowest BCUT2D eigenvalue weighted by Crippen LogP contribution is -2.34. The van der Waals surface area contributed by atoms with Crippen LogP contribution in [0, 0.1) is 0 Å². The third kappa shape index (κ3) is 1.69. The summed E-state index contributed by atoms with van der Waals surface area (Å²) in [6.45, 7) is 2.55. The molecule has 48 valence electrons. The predicted molar refractivity (Wildman–Crippen MR) is 39.2 cm³/mol. The van der Waals surface area contributed by atoms with Crippen molar-refractivity contribution >= 4 is 32.1 Å². The zero-order valence-electron chi connectivity index (χ0n) is 4.31. The number of hydrogen-bond acceptors (Lipinski definition) is 2. The summed E-state index contributed by atoms with van der Waals surface area (Å²) in [7, 11) is 0. The first-order chi connectivity index (χ1) is 3.80. The maximum Gasteiger partial charge on any atom is 0.0989 e. The molecule has 1 saturated heterocycles. The highest BCUT2D eigenvalue weighted by Gasteiger charge is 2.16. The van der Waals surface area contributed by atoms with E-state index in [1.54, 1.807) is 0 Å². The molecule has 0 aromatic carbocycles. The van der Waals surface area contributed by atoms with Gasteiger partial charge in [-0.05, 0) is 0 Å². The largest absolute Gasteiger partial charge is 0.378 e. The van der Waals surface area contributed by atoms with Gasteiger partial charge in [-0.15, -0.1) is 0 Å². The summed E-state index contributed by atoms with van der Waals surface area (Å²) in [5, 5.41) is 0. The van der Waals surface area contributed by atoms with E-state index < -0.39 is 0 Å². The van der Waals surface area contributed by atoms with Crippen LogP contribution in [0.4, 0.5) is 0 Å². The van der Waals surface area contributed by atoms with Crippen LogP contribution in [0.3, 0.4) is 0 Å². The Labute approximate surface area is 65.6 Å². The molecular weight excluding hydrogens is 238 g/mol. The van der Waals surface area contributed by atoms with Crippen LogP contribution in [0.15, 0.2) is 0 Å². The third-order valence-corrected chi connectivity index (χ3v) is 3.17. The summed E-state index contributed by atoms with van der Waals surface area (Å²) in [5.74, 6) is 0. The quantitative estimate of drug-likeness (QED) is 0.363. The maximum atomic E-state index is 5.13. The van der Waals surface area contributed by atoms with Gasteiger partial charge in [0.1, 0.15) is 0 Å². The fraction of sp³-hybridized carbons (Fsp3) is 1.00. The molecule has 0 bridgehead atoms. The predicted octanol–water partition coefficient (Wildman–Crippen LogP) is 1.35. The van der Waals surface area contributed by atoms with Crippen LogP contribution in [-0.4, -0.2) is 28.6 Å². The van der Waals surface area contributed by atoms with E-state index >= 15 is 0 Å². The van der Waals surface area contributed by atoms with Gasteiger partial charge in [0.15, 0.2) is 0 Å². The van der Waals surface area contributed by atoms with E-state index in [0.29, 0.717) is 4.95 Å². The van der Waals surface area contributed by atoms with Gasteiger partial charge < -0.3 is 4.74 Å². The molecule has 1 aliphatic rings. The molecule has 0 aromatic rings. The molecule has 0 aromatic heterocycles. The van der Waals surface area contributed by atoms with Crippen LogP contribution in [0.5, 0.6) is 0 Å². The number of alkyl halides is 1. The van der Waals surface area contributed by atoms with Crippen molar-refractivity contribution < 1.29 is 4.74 Å². The lowest BCUT2D eigenvalue weighted by Gasteiger charge is -2.25. The van der Waals surface area contributed by atoms with E-state index in [4.69, 9.17) is 4.74 Å². The molecule has 0 saturated carbocycles. The van der Waals surface area contributed by atoms with Gasteiger partial charge in [0.05, 0.1) is 18.2 Å². The number of halogens is 2. The maximum absolute atomic E-state index is 5.13. The Morgan fingerprint density at radius 1 is 1.62 bits per heavy atom. The number of rotatable bonds is 0. The van der Waals surface area contributed by atoms with Gasteiger partial charge in [0.25, 0.3) is 0 Å². The number of morpholine rings is 1. The normalized spacial score (nSPS) is 33.0. The SMILES string of the molecule is BrC1COCCN1Br. The minimum Gasteiger partial charge on any atom is -0.378 e. The monoisotopic (exact) mass is 243 g/mol. The van der Waals surface area contributed by atoms with Crippen LogP contribution in [0.25, 0.3) is 0 Å². The Bertz CT molecular complexity index is 70.4. The molecule has 0 radical (unpaired) electrons. The molecule has 4 heteroatoms. The first-order valence-corrected chi connectivity index (χ1v) is 4.07. The van der Waals surface area contributed by atoms with Crippen molar-refractivity contribution in [2.45, 2.75) is 4.95 Å². The topological polar surface area (TPSA) is 12.5 Å². The van der Waals surface area contributed by atoms with Crippen molar-refractivity contribution in [2.75, 3.05) is 19.8 Å². The summed E-state index contributed by atoms with van der Waals surface area (Å²) >= 11 is 6.77.